The van der Waals surface area contributed by atoms with Gasteiger partial charge in [0.15, 0.2) is 11.5 Å². The van der Waals surface area contributed by atoms with E-state index >= 15 is 0 Å². The van der Waals surface area contributed by atoms with Gasteiger partial charge in [-0.15, -0.1) is 0 Å². The number of benzene rings is 2. The number of fused-ring (bicyclic) bond motifs is 2. The summed E-state index contributed by atoms with van der Waals surface area (Å²) in [7, 11) is 1.36. The van der Waals surface area contributed by atoms with Gasteiger partial charge in [0.25, 0.3) is 0 Å². The van der Waals surface area contributed by atoms with Gasteiger partial charge in [-0.3, -0.25) is 4.98 Å². The molecule has 0 spiro atoms. The van der Waals surface area contributed by atoms with Crippen LogP contribution in [-0.2, 0) is 11.2 Å². The van der Waals surface area contributed by atoms with Crippen molar-refractivity contribution in [2.75, 3.05) is 13.9 Å². The molecule has 120 valence electrons. The Hall–Kier alpha value is -3.08. The predicted octanol–water partition coefficient (Wildman–Crippen LogP) is 3.34. The number of methoxy groups -OCH3 is 1. The second kappa shape index (κ2) is 5.85. The third-order valence-corrected chi connectivity index (χ3v) is 4.08. The molecule has 0 N–H and O–H groups in total. The van der Waals surface area contributed by atoms with E-state index in [0.717, 1.165) is 22.0 Å². The van der Waals surface area contributed by atoms with Gasteiger partial charge in [0.1, 0.15) is 0 Å². The number of pyridine rings is 1. The molecular formula is C19H15NO4. The topological polar surface area (TPSA) is 57.7 Å². The quantitative estimate of drug-likeness (QED) is 0.693. The molecule has 0 bridgehead atoms. The molecule has 2 heterocycles. The van der Waals surface area contributed by atoms with Gasteiger partial charge < -0.3 is 14.2 Å². The maximum Gasteiger partial charge on any atom is 0.340 e. The molecular weight excluding hydrogens is 306 g/mol. The lowest BCUT2D eigenvalue weighted by atomic mass is 10.00. The number of hydrogen-bond donors (Lipinski definition) is 0. The van der Waals surface area contributed by atoms with E-state index in [0.29, 0.717) is 23.5 Å². The fourth-order valence-electron chi connectivity index (χ4n) is 2.89. The monoisotopic (exact) mass is 321 g/mol. The summed E-state index contributed by atoms with van der Waals surface area (Å²) < 4.78 is 15.8. The van der Waals surface area contributed by atoms with Crippen LogP contribution in [0.4, 0.5) is 0 Å². The lowest BCUT2D eigenvalue weighted by Crippen LogP contribution is -2.05. The standard InChI is InChI=1S/C19H15NO4/c1-22-19(21)15-10-20-16(7-12-5-3-2-4-6-12)14-9-18-17(8-13(14)15)23-11-24-18/h2-6,8-10H,7,11H2,1H3. The van der Waals surface area contributed by atoms with Crippen LogP contribution in [-0.4, -0.2) is 24.9 Å². The molecule has 1 aliphatic heterocycles. The van der Waals surface area contributed by atoms with E-state index in [1.165, 1.54) is 7.11 Å². The molecule has 0 radical (unpaired) electrons. The Balaban J connectivity index is 1.90. The number of hydrogen-bond acceptors (Lipinski definition) is 5. The van der Waals surface area contributed by atoms with Crippen LogP contribution in [0.25, 0.3) is 10.8 Å². The Morgan fingerprint density at radius 2 is 1.83 bits per heavy atom. The number of ether oxygens (including phenoxy) is 3. The van der Waals surface area contributed by atoms with Crippen molar-refractivity contribution in [1.29, 1.82) is 0 Å². The van der Waals surface area contributed by atoms with Crippen LogP contribution >= 0.6 is 0 Å². The minimum Gasteiger partial charge on any atom is -0.465 e. The van der Waals surface area contributed by atoms with Crippen LogP contribution < -0.4 is 9.47 Å². The molecule has 0 atom stereocenters. The molecule has 0 fully saturated rings. The molecule has 1 aromatic heterocycles. The molecule has 0 saturated carbocycles. The third kappa shape index (κ3) is 2.44. The number of nitrogens with zero attached hydrogens (tertiary/aromatic N) is 1. The average molecular weight is 321 g/mol. The Morgan fingerprint density at radius 1 is 1.12 bits per heavy atom. The Labute approximate surface area is 138 Å². The maximum absolute atomic E-state index is 12.1. The summed E-state index contributed by atoms with van der Waals surface area (Å²) in [6, 6.07) is 13.8. The predicted molar refractivity (Wildman–Crippen MR) is 88.5 cm³/mol. The SMILES string of the molecule is COC(=O)c1cnc(Cc2ccccc2)c2cc3c(cc12)OCO3. The number of carbonyl (C=O) groups excluding carboxylic acids is 1. The van der Waals surface area contributed by atoms with Gasteiger partial charge in [-0.25, -0.2) is 4.79 Å². The molecule has 5 nitrogen and oxygen atoms in total. The van der Waals surface area contributed by atoms with Gasteiger partial charge in [0, 0.05) is 23.4 Å². The number of esters is 1. The largest absolute Gasteiger partial charge is 0.465 e. The van der Waals surface area contributed by atoms with Gasteiger partial charge in [-0.1, -0.05) is 30.3 Å². The summed E-state index contributed by atoms with van der Waals surface area (Å²) in [5, 5.41) is 1.62. The Kier molecular flexibility index (Phi) is 3.54. The van der Waals surface area contributed by atoms with Crippen molar-refractivity contribution in [2.24, 2.45) is 0 Å². The summed E-state index contributed by atoms with van der Waals surface area (Å²) >= 11 is 0. The molecule has 4 rings (SSSR count). The van der Waals surface area contributed by atoms with E-state index in [1.54, 1.807) is 6.20 Å². The van der Waals surface area contributed by atoms with Gasteiger partial charge in [0.2, 0.25) is 6.79 Å². The van der Waals surface area contributed by atoms with Crippen LogP contribution in [0.1, 0.15) is 21.6 Å². The Morgan fingerprint density at radius 3 is 2.54 bits per heavy atom. The van der Waals surface area contributed by atoms with Crippen molar-refractivity contribution in [3.8, 4) is 11.5 Å². The van der Waals surface area contributed by atoms with Gasteiger partial charge in [-0.2, -0.15) is 0 Å². The highest BCUT2D eigenvalue weighted by Gasteiger charge is 2.20. The molecule has 24 heavy (non-hydrogen) atoms. The van der Waals surface area contributed by atoms with Crippen molar-refractivity contribution >= 4 is 16.7 Å². The zero-order valence-corrected chi connectivity index (χ0v) is 13.1. The normalized spacial score (nSPS) is 12.4. The lowest BCUT2D eigenvalue weighted by molar-refractivity contribution is 0.0602. The van der Waals surface area contributed by atoms with Gasteiger partial charge in [-0.05, 0) is 17.7 Å². The number of rotatable bonds is 3. The summed E-state index contributed by atoms with van der Waals surface area (Å²) in [5.41, 5.74) is 2.44. The second-order valence-electron chi connectivity index (χ2n) is 5.52. The van der Waals surface area contributed by atoms with Crippen molar-refractivity contribution in [2.45, 2.75) is 6.42 Å². The third-order valence-electron chi connectivity index (χ3n) is 4.08. The summed E-state index contributed by atoms with van der Waals surface area (Å²) in [5.74, 6) is 0.878. The van der Waals surface area contributed by atoms with Crippen LogP contribution in [0, 0.1) is 0 Å². The van der Waals surface area contributed by atoms with E-state index in [2.05, 4.69) is 17.1 Å². The van der Waals surface area contributed by atoms with E-state index in [-0.39, 0.29) is 6.79 Å². The first-order valence-corrected chi connectivity index (χ1v) is 7.60. The molecule has 5 heteroatoms. The summed E-state index contributed by atoms with van der Waals surface area (Å²) in [6.07, 6.45) is 2.23. The van der Waals surface area contributed by atoms with Crippen LogP contribution in [0.15, 0.2) is 48.7 Å². The smallest absolute Gasteiger partial charge is 0.340 e. The van der Waals surface area contributed by atoms with Crippen molar-refractivity contribution < 1.29 is 19.0 Å². The average Bonchev–Trinajstić information content (AvgIpc) is 3.08. The highest BCUT2D eigenvalue weighted by molar-refractivity contribution is 6.05. The highest BCUT2D eigenvalue weighted by Crippen LogP contribution is 2.38. The van der Waals surface area contributed by atoms with E-state index < -0.39 is 5.97 Å². The first-order chi connectivity index (χ1) is 11.8. The van der Waals surface area contributed by atoms with Gasteiger partial charge >= 0.3 is 5.97 Å². The molecule has 3 aromatic rings. The first kappa shape index (κ1) is 14.5. The number of aromatic nitrogens is 1. The Bertz CT molecular complexity index is 922. The minimum atomic E-state index is -0.419. The van der Waals surface area contributed by atoms with Gasteiger partial charge in [0.05, 0.1) is 18.4 Å². The molecule has 0 amide bonds. The minimum absolute atomic E-state index is 0.181. The molecule has 0 saturated heterocycles. The summed E-state index contributed by atoms with van der Waals surface area (Å²) in [4.78, 5) is 16.6. The molecule has 2 aromatic carbocycles. The van der Waals surface area contributed by atoms with E-state index in [4.69, 9.17) is 14.2 Å². The first-order valence-electron chi connectivity index (χ1n) is 7.60. The zero-order valence-electron chi connectivity index (χ0n) is 13.1. The van der Waals surface area contributed by atoms with Crippen molar-refractivity contribution in [3.63, 3.8) is 0 Å². The molecule has 0 unspecified atom stereocenters. The molecule has 0 aliphatic carbocycles. The molecule has 1 aliphatic rings. The van der Waals surface area contributed by atoms with Crippen LogP contribution in [0.5, 0.6) is 11.5 Å². The zero-order chi connectivity index (χ0) is 16.5. The second-order valence-corrected chi connectivity index (χ2v) is 5.52. The van der Waals surface area contributed by atoms with Crippen LogP contribution in [0.2, 0.25) is 0 Å². The van der Waals surface area contributed by atoms with E-state index in [9.17, 15) is 4.79 Å². The van der Waals surface area contributed by atoms with Crippen molar-refractivity contribution in [1.82, 2.24) is 4.98 Å². The van der Waals surface area contributed by atoms with E-state index in [1.807, 2.05) is 30.3 Å². The fourth-order valence-corrected chi connectivity index (χ4v) is 2.89. The fraction of sp³-hybridized carbons (Fsp3) is 0.158. The summed E-state index contributed by atoms with van der Waals surface area (Å²) in [6.45, 7) is 0.181. The van der Waals surface area contributed by atoms with Crippen molar-refractivity contribution in [3.05, 3.63) is 65.5 Å². The number of carbonyl (C=O) groups is 1. The highest BCUT2D eigenvalue weighted by atomic mass is 16.7. The lowest BCUT2D eigenvalue weighted by Gasteiger charge is -2.11. The van der Waals surface area contributed by atoms with Crippen LogP contribution in [0.3, 0.4) is 0 Å². The maximum atomic E-state index is 12.1.